The number of carbonyl (C=O) groups is 1. The van der Waals surface area contributed by atoms with Gasteiger partial charge in [0.25, 0.3) is 0 Å². The lowest BCUT2D eigenvalue weighted by Crippen LogP contribution is -2.41. The number of nitrogens with one attached hydrogen (secondary N) is 2. The van der Waals surface area contributed by atoms with E-state index in [9.17, 15) is 18.0 Å². The smallest absolute Gasteiger partial charge is 0.394 e. The van der Waals surface area contributed by atoms with E-state index >= 15 is 0 Å². The van der Waals surface area contributed by atoms with Crippen LogP contribution in [0.1, 0.15) is 5.56 Å². The van der Waals surface area contributed by atoms with Crippen molar-refractivity contribution in [2.24, 2.45) is 0 Å². The van der Waals surface area contributed by atoms with Crippen molar-refractivity contribution in [3.63, 3.8) is 0 Å². The first-order chi connectivity index (χ1) is 7.91. The van der Waals surface area contributed by atoms with Crippen LogP contribution in [-0.4, -0.2) is 23.7 Å². The number of fused-ring (bicyclic) bond motifs is 1. The van der Waals surface area contributed by atoms with Crippen LogP contribution in [0.25, 0.3) is 0 Å². The molecule has 1 aliphatic rings. The van der Waals surface area contributed by atoms with Gasteiger partial charge >= 0.3 is 6.18 Å². The van der Waals surface area contributed by atoms with Crippen LogP contribution in [-0.2, 0) is 11.0 Å². The minimum atomic E-state index is -4.45. The van der Waals surface area contributed by atoms with E-state index in [2.05, 4.69) is 10.6 Å². The topological polar surface area (TPSA) is 61.4 Å². The molecule has 1 unspecified atom stereocenters. The van der Waals surface area contributed by atoms with Gasteiger partial charge in [-0.2, -0.15) is 13.2 Å². The van der Waals surface area contributed by atoms with Crippen molar-refractivity contribution < 1.29 is 23.1 Å². The summed E-state index contributed by atoms with van der Waals surface area (Å²) in [5.41, 5.74) is -0.410. The SMILES string of the molecule is O=C1Nc2cc(C(F)(F)F)ccc2NC1CO. The number of hydrogen-bond donors (Lipinski definition) is 3. The number of rotatable bonds is 1. The van der Waals surface area contributed by atoms with Gasteiger partial charge in [-0.15, -0.1) is 0 Å². The summed E-state index contributed by atoms with van der Waals surface area (Å²) in [6, 6.07) is 2.16. The highest BCUT2D eigenvalue weighted by Crippen LogP contribution is 2.35. The molecule has 0 bridgehead atoms. The van der Waals surface area contributed by atoms with Crippen LogP contribution in [0.15, 0.2) is 18.2 Å². The fourth-order valence-corrected chi connectivity index (χ4v) is 1.55. The van der Waals surface area contributed by atoms with Crippen LogP contribution in [0.4, 0.5) is 24.5 Å². The van der Waals surface area contributed by atoms with E-state index in [0.717, 1.165) is 12.1 Å². The van der Waals surface area contributed by atoms with Crippen molar-refractivity contribution >= 4 is 17.3 Å². The summed E-state index contributed by atoms with van der Waals surface area (Å²) in [5, 5.41) is 13.8. The van der Waals surface area contributed by atoms with Crippen LogP contribution < -0.4 is 10.6 Å². The quantitative estimate of drug-likeness (QED) is 0.702. The number of halogens is 3. The summed E-state index contributed by atoms with van der Waals surface area (Å²) in [7, 11) is 0. The molecule has 0 fully saturated rings. The normalized spacial score (nSPS) is 19.3. The lowest BCUT2D eigenvalue weighted by atomic mass is 10.1. The monoisotopic (exact) mass is 246 g/mol. The molecule has 2 rings (SSSR count). The van der Waals surface area contributed by atoms with Crippen molar-refractivity contribution in [1.82, 2.24) is 0 Å². The van der Waals surface area contributed by atoms with Gasteiger partial charge in [0.05, 0.1) is 23.5 Å². The van der Waals surface area contributed by atoms with Gasteiger partial charge in [-0.1, -0.05) is 0 Å². The average Bonchev–Trinajstić information content (AvgIpc) is 2.26. The van der Waals surface area contributed by atoms with Crippen molar-refractivity contribution in [3.05, 3.63) is 23.8 Å². The summed E-state index contributed by atoms with van der Waals surface area (Å²) < 4.78 is 37.3. The standard InChI is InChI=1S/C10H9F3N2O2/c11-10(12,13)5-1-2-6-7(3-5)15-9(17)8(4-16)14-6/h1-3,8,14,16H,4H2,(H,15,17). The van der Waals surface area contributed by atoms with Gasteiger partial charge in [0.15, 0.2) is 0 Å². The average molecular weight is 246 g/mol. The highest BCUT2D eigenvalue weighted by molar-refractivity contribution is 6.03. The van der Waals surface area contributed by atoms with Crippen LogP contribution in [0, 0.1) is 0 Å². The summed E-state index contributed by atoms with van der Waals surface area (Å²) in [4.78, 5) is 11.3. The zero-order chi connectivity index (χ0) is 12.6. The van der Waals surface area contributed by atoms with E-state index in [1.807, 2.05) is 0 Å². The van der Waals surface area contributed by atoms with E-state index in [1.165, 1.54) is 6.07 Å². The molecule has 1 atom stereocenters. The van der Waals surface area contributed by atoms with Crippen molar-refractivity contribution in [1.29, 1.82) is 0 Å². The molecular weight excluding hydrogens is 237 g/mol. The van der Waals surface area contributed by atoms with E-state index < -0.39 is 30.3 Å². The maximum Gasteiger partial charge on any atom is 0.416 e. The Labute approximate surface area is 94.4 Å². The molecule has 1 amide bonds. The molecule has 17 heavy (non-hydrogen) atoms. The summed E-state index contributed by atoms with van der Waals surface area (Å²) in [6.45, 7) is -0.424. The zero-order valence-corrected chi connectivity index (χ0v) is 8.51. The maximum atomic E-state index is 12.4. The van der Waals surface area contributed by atoms with Crippen molar-refractivity contribution in [2.45, 2.75) is 12.2 Å². The van der Waals surface area contributed by atoms with Gasteiger partial charge < -0.3 is 15.7 Å². The molecular formula is C10H9F3N2O2. The third-order valence-corrected chi connectivity index (χ3v) is 2.43. The molecule has 1 aromatic rings. The minimum absolute atomic E-state index is 0.0644. The lowest BCUT2D eigenvalue weighted by molar-refractivity contribution is -0.137. The summed E-state index contributed by atoms with van der Waals surface area (Å²) in [5.74, 6) is -0.556. The molecule has 0 radical (unpaired) electrons. The van der Waals surface area contributed by atoms with Crippen LogP contribution >= 0.6 is 0 Å². The minimum Gasteiger partial charge on any atom is -0.394 e. The fraction of sp³-hybridized carbons (Fsp3) is 0.300. The van der Waals surface area contributed by atoms with Crippen LogP contribution in [0.2, 0.25) is 0 Å². The number of carbonyl (C=O) groups excluding carboxylic acids is 1. The molecule has 3 N–H and O–H groups in total. The van der Waals surface area contributed by atoms with E-state index in [1.54, 1.807) is 0 Å². The Morgan fingerprint density at radius 2 is 2.00 bits per heavy atom. The van der Waals surface area contributed by atoms with Crippen molar-refractivity contribution in [3.8, 4) is 0 Å². The molecule has 1 aliphatic heterocycles. The van der Waals surface area contributed by atoms with Gasteiger partial charge in [0, 0.05) is 0 Å². The first-order valence-electron chi connectivity index (χ1n) is 4.81. The molecule has 1 aromatic carbocycles. The second-order valence-corrected chi connectivity index (χ2v) is 3.63. The second-order valence-electron chi connectivity index (χ2n) is 3.63. The van der Waals surface area contributed by atoms with E-state index in [-0.39, 0.29) is 5.69 Å². The largest absolute Gasteiger partial charge is 0.416 e. The third kappa shape index (κ3) is 2.19. The molecule has 0 aliphatic carbocycles. The number of aliphatic hydroxyl groups is 1. The molecule has 1 heterocycles. The maximum absolute atomic E-state index is 12.4. The predicted molar refractivity (Wildman–Crippen MR) is 54.6 cm³/mol. The molecule has 0 aromatic heterocycles. The van der Waals surface area contributed by atoms with E-state index in [0.29, 0.717) is 5.69 Å². The van der Waals surface area contributed by atoms with Crippen LogP contribution in [0.3, 0.4) is 0 Å². The molecule has 7 heteroatoms. The Bertz CT molecular complexity index is 459. The number of amides is 1. The number of anilines is 2. The number of aliphatic hydroxyl groups excluding tert-OH is 1. The van der Waals surface area contributed by atoms with E-state index in [4.69, 9.17) is 5.11 Å². The zero-order valence-electron chi connectivity index (χ0n) is 8.51. The van der Waals surface area contributed by atoms with Gasteiger partial charge in [-0.05, 0) is 18.2 Å². The number of alkyl halides is 3. The number of benzene rings is 1. The predicted octanol–water partition coefficient (Wildman–Crippen LogP) is 1.43. The lowest BCUT2D eigenvalue weighted by Gasteiger charge is -2.26. The third-order valence-electron chi connectivity index (χ3n) is 2.43. The fourth-order valence-electron chi connectivity index (χ4n) is 1.55. The Balaban J connectivity index is 2.36. The highest BCUT2D eigenvalue weighted by Gasteiger charge is 2.33. The molecule has 0 saturated heterocycles. The second kappa shape index (κ2) is 3.92. The Morgan fingerprint density at radius 1 is 1.29 bits per heavy atom. The first kappa shape index (κ1) is 11.7. The Kier molecular flexibility index (Phi) is 2.70. The van der Waals surface area contributed by atoms with Gasteiger partial charge in [-0.3, -0.25) is 4.79 Å². The first-order valence-corrected chi connectivity index (χ1v) is 4.81. The van der Waals surface area contributed by atoms with Crippen LogP contribution in [0.5, 0.6) is 0 Å². The Morgan fingerprint density at radius 3 is 2.59 bits per heavy atom. The molecule has 92 valence electrons. The highest BCUT2D eigenvalue weighted by atomic mass is 19.4. The molecule has 0 saturated carbocycles. The molecule has 0 spiro atoms. The summed E-state index contributed by atoms with van der Waals surface area (Å²) in [6.07, 6.45) is -4.45. The van der Waals surface area contributed by atoms with Gasteiger partial charge in [0.1, 0.15) is 6.04 Å². The van der Waals surface area contributed by atoms with Crippen molar-refractivity contribution in [2.75, 3.05) is 17.2 Å². The number of hydrogen-bond acceptors (Lipinski definition) is 3. The Hall–Kier alpha value is -1.76. The molecule has 4 nitrogen and oxygen atoms in total. The van der Waals surface area contributed by atoms with Gasteiger partial charge in [-0.25, -0.2) is 0 Å². The van der Waals surface area contributed by atoms with Gasteiger partial charge in [0.2, 0.25) is 5.91 Å². The summed E-state index contributed by atoms with van der Waals surface area (Å²) >= 11 is 0.